The Labute approximate surface area is 211 Å². The van der Waals surface area contributed by atoms with Crippen molar-refractivity contribution in [2.45, 2.75) is 38.1 Å². The lowest BCUT2D eigenvalue weighted by Gasteiger charge is -2.28. The largest absolute Gasteiger partial charge is 0.453 e. The summed E-state index contributed by atoms with van der Waals surface area (Å²) in [4.78, 5) is 33.7. The molecule has 1 saturated carbocycles. The van der Waals surface area contributed by atoms with Crippen LogP contribution >= 0.6 is 0 Å². The zero-order valence-electron chi connectivity index (χ0n) is 20.5. The van der Waals surface area contributed by atoms with E-state index in [2.05, 4.69) is 37.5 Å². The van der Waals surface area contributed by atoms with Crippen molar-refractivity contribution in [2.24, 2.45) is 17.6 Å². The number of nitrogens with zero attached hydrogens (tertiary/aromatic N) is 2. The number of nitrogens with one attached hydrogen (secondary N) is 2. The SMILES string of the molecule is COC(=O)Nc1ccc(-c2cc(C(Cc3ccccc3)NC(=O)C3CCC(CN)CC3)ncn2)cc1. The van der Waals surface area contributed by atoms with Crippen molar-refractivity contribution in [1.29, 1.82) is 0 Å². The van der Waals surface area contributed by atoms with E-state index in [0.717, 1.165) is 48.2 Å². The Kier molecular flexibility index (Phi) is 8.62. The lowest BCUT2D eigenvalue weighted by atomic mass is 9.81. The molecule has 188 valence electrons. The average Bonchev–Trinajstić information content (AvgIpc) is 2.93. The molecule has 1 unspecified atom stereocenters. The summed E-state index contributed by atoms with van der Waals surface area (Å²) in [6, 6.07) is 19.0. The minimum atomic E-state index is -0.525. The first kappa shape index (κ1) is 25.3. The topological polar surface area (TPSA) is 119 Å². The molecule has 8 heteroatoms. The van der Waals surface area contributed by atoms with Crippen molar-refractivity contribution in [3.05, 3.63) is 78.2 Å². The molecule has 1 aromatic heterocycles. The van der Waals surface area contributed by atoms with Crippen LogP contribution in [0.4, 0.5) is 10.5 Å². The van der Waals surface area contributed by atoms with E-state index < -0.39 is 6.09 Å². The Morgan fingerprint density at radius 1 is 1.03 bits per heavy atom. The highest BCUT2D eigenvalue weighted by Crippen LogP contribution is 2.30. The summed E-state index contributed by atoms with van der Waals surface area (Å²) in [6.45, 7) is 0.689. The summed E-state index contributed by atoms with van der Waals surface area (Å²) >= 11 is 0. The summed E-state index contributed by atoms with van der Waals surface area (Å²) < 4.78 is 4.64. The maximum absolute atomic E-state index is 13.2. The third-order valence-electron chi connectivity index (χ3n) is 6.81. The normalized spacial score (nSPS) is 18.2. The second kappa shape index (κ2) is 12.3. The van der Waals surface area contributed by atoms with E-state index in [9.17, 15) is 9.59 Å². The van der Waals surface area contributed by atoms with Gasteiger partial charge < -0.3 is 15.8 Å². The van der Waals surface area contributed by atoms with Crippen LogP contribution in [0.1, 0.15) is 43.0 Å². The molecule has 1 aliphatic rings. The monoisotopic (exact) mass is 487 g/mol. The van der Waals surface area contributed by atoms with E-state index in [-0.39, 0.29) is 17.9 Å². The molecule has 36 heavy (non-hydrogen) atoms. The number of methoxy groups -OCH3 is 1. The molecule has 3 aromatic rings. The molecule has 1 aliphatic carbocycles. The summed E-state index contributed by atoms with van der Waals surface area (Å²) in [5.41, 5.74) is 9.93. The van der Waals surface area contributed by atoms with E-state index in [0.29, 0.717) is 24.6 Å². The molecule has 4 rings (SSSR count). The number of carbonyl (C=O) groups is 2. The molecule has 2 aromatic carbocycles. The third-order valence-corrected chi connectivity index (χ3v) is 6.81. The van der Waals surface area contributed by atoms with Crippen LogP contribution in [-0.2, 0) is 16.0 Å². The van der Waals surface area contributed by atoms with Gasteiger partial charge in [-0.15, -0.1) is 0 Å². The summed E-state index contributed by atoms with van der Waals surface area (Å²) in [7, 11) is 1.32. The van der Waals surface area contributed by atoms with Crippen molar-refractivity contribution in [1.82, 2.24) is 15.3 Å². The zero-order chi connectivity index (χ0) is 25.3. The van der Waals surface area contributed by atoms with E-state index in [4.69, 9.17) is 5.73 Å². The van der Waals surface area contributed by atoms with Crippen LogP contribution in [0.3, 0.4) is 0 Å². The minimum Gasteiger partial charge on any atom is -0.453 e. The Balaban J connectivity index is 1.54. The first-order chi connectivity index (χ1) is 17.6. The van der Waals surface area contributed by atoms with Crippen molar-refractivity contribution in [3.8, 4) is 11.3 Å². The molecule has 1 fully saturated rings. The van der Waals surface area contributed by atoms with Gasteiger partial charge in [0.1, 0.15) is 6.33 Å². The van der Waals surface area contributed by atoms with Crippen LogP contribution in [-0.4, -0.2) is 35.6 Å². The fraction of sp³-hybridized carbons (Fsp3) is 0.357. The van der Waals surface area contributed by atoms with Gasteiger partial charge in [0.25, 0.3) is 0 Å². The van der Waals surface area contributed by atoms with Crippen LogP contribution in [0.15, 0.2) is 67.0 Å². The number of rotatable bonds is 8. The van der Waals surface area contributed by atoms with Gasteiger partial charge in [-0.25, -0.2) is 14.8 Å². The van der Waals surface area contributed by atoms with Crippen molar-refractivity contribution >= 4 is 17.7 Å². The first-order valence-electron chi connectivity index (χ1n) is 12.4. The van der Waals surface area contributed by atoms with Gasteiger partial charge in [0.2, 0.25) is 5.91 Å². The molecule has 0 bridgehead atoms. The minimum absolute atomic E-state index is 0.00207. The Bertz CT molecular complexity index is 1150. The lowest BCUT2D eigenvalue weighted by Crippen LogP contribution is -2.37. The van der Waals surface area contributed by atoms with Gasteiger partial charge in [-0.3, -0.25) is 10.1 Å². The van der Waals surface area contributed by atoms with Gasteiger partial charge in [-0.2, -0.15) is 0 Å². The highest BCUT2D eigenvalue weighted by molar-refractivity contribution is 5.85. The standard InChI is InChI=1S/C28H33N5O3/c1-36-28(35)32-23-13-11-21(12-14-23)24-16-25(31-18-30-24)26(15-19-5-3-2-4-6-19)33-27(34)22-9-7-20(17-29)8-10-22/h2-6,11-14,16,18,20,22,26H,7-10,15,17,29H2,1H3,(H,32,35)(H,33,34). The maximum Gasteiger partial charge on any atom is 0.411 e. The second-order valence-corrected chi connectivity index (χ2v) is 9.23. The number of aromatic nitrogens is 2. The number of benzene rings is 2. The number of carbonyl (C=O) groups excluding carboxylic acids is 2. The Morgan fingerprint density at radius 3 is 2.42 bits per heavy atom. The van der Waals surface area contributed by atoms with Crippen molar-refractivity contribution < 1.29 is 14.3 Å². The van der Waals surface area contributed by atoms with E-state index in [1.165, 1.54) is 13.4 Å². The average molecular weight is 488 g/mol. The molecule has 0 saturated heterocycles. The molecule has 8 nitrogen and oxygen atoms in total. The number of hydrogen-bond acceptors (Lipinski definition) is 6. The van der Waals surface area contributed by atoms with Crippen LogP contribution in [0.5, 0.6) is 0 Å². The van der Waals surface area contributed by atoms with Gasteiger partial charge in [0.05, 0.1) is 24.5 Å². The molecular formula is C28H33N5O3. The van der Waals surface area contributed by atoms with Gasteiger partial charge in [0, 0.05) is 17.2 Å². The fourth-order valence-electron chi connectivity index (χ4n) is 4.64. The molecule has 0 radical (unpaired) electrons. The quantitative estimate of drug-likeness (QED) is 0.431. The Morgan fingerprint density at radius 2 is 1.75 bits per heavy atom. The van der Waals surface area contributed by atoms with Gasteiger partial charge >= 0.3 is 6.09 Å². The highest BCUT2D eigenvalue weighted by Gasteiger charge is 2.28. The fourth-order valence-corrected chi connectivity index (χ4v) is 4.64. The number of amides is 2. The highest BCUT2D eigenvalue weighted by atomic mass is 16.5. The lowest BCUT2D eigenvalue weighted by molar-refractivity contribution is -0.127. The summed E-state index contributed by atoms with van der Waals surface area (Å²) in [6.07, 6.45) is 5.36. The number of ether oxygens (including phenoxy) is 1. The predicted octanol–water partition coefficient (Wildman–Crippen LogP) is 4.49. The summed E-state index contributed by atoms with van der Waals surface area (Å²) in [5.74, 6) is 0.597. The second-order valence-electron chi connectivity index (χ2n) is 9.23. The van der Waals surface area contributed by atoms with Crippen molar-refractivity contribution in [2.75, 3.05) is 19.0 Å². The van der Waals surface area contributed by atoms with Crippen LogP contribution in [0, 0.1) is 11.8 Å². The Hall–Kier alpha value is -3.78. The van der Waals surface area contributed by atoms with Crippen molar-refractivity contribution in [3.63, 3.8) is 0 Å². The number of anilines is 1. The van der Waals surface area contributed by atoms with E-state index in [1.54, 1.807) is 12.1 Å². The molecule has 1 heterocycles. The predicted molar refractivity (Wildman–Crippen MR) is 139 cm³/mol. The molecule has 0 aliphatic heterocycles. The first-order valence-corrected chi connectivity index (χ1v) is 12.4. The molecule has 0 spiro atoms. The van der Waals surface area contributed by atoms with E-state index in [1.807, 2.05) is 36.4 Å². The molecule has 4 N–H and O–H groups in total. The molecule has 2 amide bonds. The summed E-state index contributed by atoms with van der Waals surface area (Å²) in [5, 5.41) is 5.92. The third kappa shape index (κ3) is 6.66. The smallest absolute Gasteiger partial charge is 0.411 e. The van der Waals surface area contributed by atoms with Crippen LogP contribution in [0.25, 0.3) is 11.3 Å². The van der Waals surface area contributed by atoms with Gasteiger partial charge in [-0.1, -0.05) is 42.5 Å². The van der Waals surface area contributed by atoms with E-state index >= 15 is 0 Å². The van der Waals surface area contributed by atoms with Gasteiger partial charge in [-0.05, 0) is 68.3 Å². The molecule has 1 atom stereocenters. The zero-order valence-corrected chi connectivity index (χ0v) is 20.5. The van der Waals surface area contributed by atoms with Gasteiger partial charge in [0.15, 0.2) is 0 Å². The molecular weight excluding hydrogens is 454 g/mol. The number of nitrogens with two attached hydrogens (primary N) is 1. The van der Waals surface area contributed by atoms with Crippen LogP contribution in [0.2, 0.25) is 0 Å². The number of hydrogen-bond donors (Lipinski definition) is 3. The maximum atomic E-state index is 13.2. The van der Waals surface area contributed by atoms with Crippen LogP contribution < -0.4 is 16.4 Å².